The first-order chi connectivity index (χ1) is 17.0. The van der Waals surface area contributed by atoms with Crippen molar-refractivity contribution in [1.82, 2.24) is 9.97 Å². The van der Waals surface area contributed by atoms with E-state index in [9.17, 15) is 9.90 Å². The van der Waals surface area contributed by atoms with E-state index in [1.165, 1.54) is 0 Å². The number of pyridine rings is 2. The first-order valence-electron chi connectivity index (χ1n) is 12.0. The van der Waals surface area contributed by atoms with Gasteiger partial charge in [0, 0.05) is 42.2 Å². The van der Waals surface area contributed by atoms with Crippen molar-refractivity contribution in [3.63, 3.8) is 0 Å². The van der Waals surface area contributed by atoms with Crippen molar-refractivity contribution >= 4 is 33.6 Å². The largest absolute Gasteiger partial charge is 0.479 e. The molecule has 7 nitrogen and oxygen atoms in total. The molecule has 2 aromatic heterocycles. The number of hydrogen-bond acceptors (Lipinski definition) is 6. The molecule has 1 aliphatic heterocycles. The summed E-state index contributed by atoms with van der Waals surface area (Å²) in [6.45, 7) is 8.58. The highest BCUT2D eigenvalue weighted by atomic mass is 16.5. The van der Waals surface area contributed by atoms with Gasteiger partial charge in [-0.25, -0.2) is 9.78 Å². The maximum absolute atomic E-state index is 12.6. The third-order valence-corrected chi connectivity index (χ3v) is 6.49. The minimum Gasteiger partial charge on any atom is -0.479 e. The lowest BCUT2D eigenvalue weighted by molar-refractivity contribution is -0.160. The van der Waals surface area contributed by atoms with Crippen LogP contribution in [0.25, 0.3) is 32.9 Å². The number of aromatic nitrogens is 2. The van der Waals surface area contributed by atoms with Gasteiger partial charge in [-0.15, -0.1) is 0 Å². The highest BCUT2D eigenvalue weighted by molar-refractivity contribution is 6.07. The van der Waals surface area contributed by atoms with E-state index in [1.807, 2.05) is 77.0 Å². The molecule has 0 fully saturated rings. The first kappa shape index (κ1) is 24.2. The zero-order valence-corrected chi connectivity index (χ0v) is 21.5. The van der Waals surface area contributed by atoms with Crippen molar-refractivity contribution in [1.29, 1.82) is 0 Å². The predicted octanol–water partition coefficient (Wildman–Crippen LogP) is 5.80. The number of aryl methyl sites for hydroxylation is 1. The van der Waals surface area contributed by atoms with Gasteiger partial charge >= 0.3 is 5.97 Å². The van der Waals surface area contributed by atoms with Crippen molar-refractivity contribution in [3.8, 4) is 11.1 Å². The summed E-state index contributed by atoms with van der Waals surface area (Å²) in [6.07, 6.45) is 0.632. The van der Waals surface area contributed by atoms with Gasteiger partial charge in [0.1, 0.15) is 5.82 Å². The Balaban J connectivity index is 1.91. The summed E-state index contributed by atoms with van der Waals surface area (Å²) in [7, 11) is 3.90. The van der Waals surface area contributed by atoms with E-state index >= 15 is 0 Å². The molecular formula is C29H31N3O4. The average Bonchev–Trinajstić information content (AvgIpc) is 2.81. The number of ether oxygens (including phenoxy) is 2. The van der Waals surface area contributed by atoms with E-state index < -0.39 is 17.7 Å². The summed E-state index contributed by atoms with van der Waals surface area (Å²) in [6, 6.07) is 12.0. The van der Waals surface area contributed by atoms with Crippen LogP contribution in [0.2, 0.25) is 0 Å². The van der Waals surface area contributed by atoms with Gasteiger partial charge in [-0.1, -0.05) is 12.1 Å². The molecule has 2 aromatic carbocycles. The summed E-state index contributed by atoms with van der Waals surface area (Å²) in [4.78, 5) is 24.3. The fourth-order valence-corrected chi connectivity index (χ4v) is 5.00. The van der Waals surface area contributed by atoms with Crippen molar-refractivity contribution in [2.24, 2.45) is 0 Å². The minimum atomic E-state index is -1.16. The van der Waals surface area contributed by atoms with Gasteiger partial charge in [-0.3, -0.25) is 4.98 Å². The molecule has 0 radical (unpaired) electrons. The van der Waals surface area contributed by atoms with Gasteiger partial charge in [-0.2, -0.15) is 0 Å². The van der Waals surface area contributed by atoms with Crippen LogP contribution < -0.4 is 4.90 Å². The number of nitrogens with zero attached hydrogens (tertiary/aromatic N) is 3. The number of carbonyl (C=O) groups is 1. The number of aliphatic carboxylic acids is 1. The van der Waals surface area contributed by atoms with Gasteiger partial charge in [0.05, 0.1) is 29.8 Å². The molecule has 0 saturated heterocycles. The number of hydrogen-bond donors (Lipinski definition) is 1. The average molecular weight is 486 g/mol. The van der Waals surface area contributed by atoms with Crippen LogP contribution in [0.3, 0.4) is 0 Å². The van der Waals surface area contributed by atoms with Crippen LogP contribution in [0.1, 0.15) is 49.1 Å². The van der Waals surface area contributed by atoms with Crippen molar-refractivity contribution in [3.05, 3.63) is 64.8 Å². The molecule has 0 saturated carbocycles. The standard InChI is InChI=1S/C29H31N3O4/c1-16-13-21-19(9-10-22(31-21)32(5)6)25(23(16)27(28(33)34)36-29(2,3)4)20-8-7-17-14-35-15-18-11-12-30-26(20)24(17)18/h7-13,27H,14-15H2,1-6H3,(H,33,34)/t27-/m0/s1. The molecule has 3 heterocycles. The van der Waals surface area contributed by atoms with Crippen molar-refractivity contribution in [2.45, 2.75) is 52.6 Å². The van der Waals surface area contributed by atoms with Crippen LogP contribution in [-0.4, -0.2) is 40.7 Å². The Morgan fingerprint density at radius 3 is 2.50 bits per heavy atom. The van der Waals surface area contributed by atoms with Crippen LogP contribution in [0.15, 0.2) is 42.6 Å². The molecule has 1 aliphatic rings. The molecule has 1 N–H and O–H groups in total. The van der Waals surface area contributed by atoms with E-state index in [-0.39, 0.29) is 0 Å². The van der Waals surface area contributed by atoms with Gasteiger partial charge in [0.25, 0.3) is 0 Å². The molecule has 1 atom stereocenters. The van der Waals surface area contributed by atoms with Crippen molar-refractivity contribution < 1.29 is 19.4 Å². The number of carboxylic acids is 1. The second kappa shape index (κ2) is 8.84. The number of benzene rings is 2. The van der Waals surface area contributed by atoms with Crippen LogP contribution in [-0.2, 0) is 27.5 Å². The Morgan fingerprint density at radius 1 is 1.11 bits per heavy atom. The molecule has 0 aliphatic carbocycles. The zero-order valence-electron chi connectivity index (χ0n) is 21.5. The molecule has 186 valence electrons. The van der Waals surface area contributed by atoms with Gasteiger partial charge in [-0.05, 0) is 74.2 Å². The third-order valence-electron chi connectivity index (χ3n) is 6.49. The van der Waals surface area contributed by atoms with E-state index in [1.54, 1.807) is 6.20 Å². The van der Waals surface area contributed by atoms with Crippen LogP contribution in [0.4, 0.5) is 5.82 Å². The number of anilines is 1. The third kappa shape index (κ3) is 4.18. The Hall–Kier alpha value is -3.55. The molecule has 4 aromatic rings. The molecular weight excluding hydrogens is 454 g/mol. The Bertz CT molecular complexity index is 1490. The topological polar surface area (TPSA) is 84.8 Å². The van der Waals surface area contributed by atoms with E-state index in [0.717, 1.165) is 55.4 Å². The smallest absolute Gasteiger partial charge is 0.337 e. The maximum atomic E-state index is 12.6. The van der Waals surface area contributed by atoms with E-state index in [2.05, 4.69) is 6.07 Å². The van der Waals surface area contributed by atoms with Gasteiger partial charge < -0.3 is 19.5 Å². The molecule has 36 heavy (non-hydrogen) atoms. The fraction of sp³-hybridized carbons (Fsp3) is 0.345. The van der Waals surface area contributed by atoms with Crippen LogP contribution in [0, 0.1) is 6.92 Å². The SMILES string of the molecule is Cc1cc2nc(N(C)C)ccc2c(-c2ccc3c4c(ccnc24)COC3)c1[C@H](OC(C)(C)C)C(=O)O. The number of fused-ring (bicyclic) bond motifs is 1. The summed E-state index contributed by atoms with van der Waals surface area (Å²) in [5, 5.41) is 12.3. The van der Waals surface area contributed by atoms with Crippen molar-refractivity contribution in [2.75, 3.05) is 19.0 Å². The van der Waals surface area contributed by atoms with Gasteiger partial charge in [0.15, 0.2) is 6.10 Å². The number of carboxylic acid groups (broad SMARTS) is 1. The van der Waals surface area contributed by atoms with Crippen LogP contribution in [0.5, 0.6) is 0 Å². The van der Waals surface area contributed by atoms with E-state index in [0.29, 0.717) is 18.8 Å². The zero-order chi connectivity index (χ0) is 25.8. The molecule has 5 rings (SSSR count). The van der Waals surface area contributed by atoms with Gasteiger partial charge in [0.2, 0.25) is 0 Å². The summed E-state index contributed by atoms with van der Waals surface area (Å²) < 4.78 is 11.9. The van der Waals surface area contributed by atoms with E-state index in [4.69, 9.17) is 19.4 Å². The lowest BCUT2D eigenvalue weighted by Gasteiger charge is -2.29. The van der Waals surface area contributed by atoms with Crippen LogP contribution >= 0.6 is 0 Å². The summed E-state index contributed by atoms with van der Waals surface area (Å²) >= 11 is 0. The lowest BCUT2D eigenvalue weighted by Crippen LogP contribution is -2.28. The molecule has 7 heteroatoms. The molecule has 0 bridgehead atoms. The fourth-order valence-electron chi connectivity index (χ4n) is 5.00. The lowest BCUT2D eigenvalue weighted by atomic mass is 9.86. The quantitative estimate of drug-likeness (QED) is 0.383. The Labute approximate surface area is 210 Å². The molecule has 0 amide bonds. The molecule has 0 unspecified atom stereocenters. The normalized spacial score (nSPS) is 14.3. The number of rotatable bonds is 5. The second-order valence-corrected chi connectivity index (χ2v) is 10.5. The second-order valence-electron chi connectivity index (χ2n) is 10.5. The monoisotopic (exact) mass is 485 g/mol. The maximum Gasteiger partial charge on any atom is 0.337 e. The Kier molecular flexibility index (Phi) is 5.93. The highest BCUT2D eigenvalue weighted by Crippen LogP contribution is 2.44. The molecule has 0 spiro atoms. The first-order valence-corrected chi connectivity index (χ1v) is 12.0. The predicted molar refractivity (Wildman–Crippen MR) is 141 cm³/mol. The minimum absolute atomic E-state index is 0.523. The highest BCUT2D eigenvalue weighted by Gasteiger charge is 2.32. The Morgan fingerprint density at radius 2 is 1.83 bits per heavy atom. The summed E-state index contributed by atoms with van der Waals surface area (Å²) in [5.41, 5.74) is 6.21. The summed E-state index contributed by atoms with van der Waals surface area (Å²) in [5.74, 6) is -0.205.